The Labute approximate surface area is 96.3 Å². The summed E-state index contributed by atoms with van der Waals surface area (Å²) in [5, 5.41) is 4.31. The highest BCUT2D eigenvalue weighted by atomic mass is 32.1. The van der Waals surface area contributed by atoms with E-state index < -0.39 is 0 Å². The van der Waals surface area contributed by atoms with Crippen molar-refractivity contribution >= 4 is 21.6 Å². The molecular formula is C11H11FN2OS. The van der Waals surface area contributed by atoms with E-state index in [9.17, 15) is 4.39 Å². The summed E-state index contributed by atoms with van der Waals surface area (Å²) in [5.74, 6) is -0.239. The highest BCUT2D eigenvalue weighted by Crippen LogP contribution is 2.27. The van der Waals surface area contributed by atoms with E-state index in [1.165, 1.54) is 12.1 Å². The summed E-state index contributed by atoms with van der Waals surface area (Å²) < 4.78 is 19.4. The molecule has 0 amide bonds. The molecule has 1 fully saturated rings. The van der Waals surface area contributed by atoms with Crippen molar-refractivity contribution < 1.29 is 9.13 Å². The van der Waals surface area contributed by atoms with Crippen LogP contribution in [0.25, 0.3) is 10.2 Å². The van der Waals surface area contributed by atoms with Gasteiger partial charge in [0.2, 0.25) is 0 Å². The van der Waals surface area contributed by atoms with Gasteiger partial charge in [-0.25, -0.2) is 9.37 Å². The van der Waals surface area contributed by atoms with Crippen LogP contribution >= 0.6 is 11.3 Å². The number of benzene rings is 1. The number of rotatable bonds is 1. The topological polar surface area (TPSA) is 34.1 Å². The van der Waals surface area contributed by atoms with Gasteiger partial charge in [0.25, 0.3) is 0 Å². The van der Waals surface area contributed by atoms with Crippen molar-refractivity contribution in [3.63, 3.8) is 0 Å². The van der Waals surface area contributed by atoms with Gasteiger partial charge in [-0.1, -0.05) is 0 Å². The summed E-state index contributed by atoms with van der Waals surface area (Å²) in [6.07, 6.45) is 0. The first-order chi connectivity index (χ1) is 7.83. The Balaban J connectivity index is 1.97. The van der Waals surface area contributed by atoms with Crippen molar-refractivity contribution in [3.8, 4) is 0 Å². The first kappa shape index (κ1) is 10.1. The van der Waals surface area contributed by atoms with Crippen molar-refractivity contribution in [1.29, 1.82) is 0 Å². The predicted molar refractivity (Wildman–Crippen MR) is 61.1 cm³/mol. The zero-order valence-electron chi connectivity index (χ0n) is 8.57. The second kappa shape index (κ2) is 4.08. The molecule has 1 aromatic carbocycles. The van der Waals surface area contributed by atoms with Gasteiger partial charge >= 0.3 is 0 Å². The Morgan fingerprint density at radius 1 is 1.50 bits per heavy atom. The van der Waals surface area contributed by atoms with Crippen LogP contribution in [0.15, 0.2) is 18.2 Å². The number of hydrogen-bond acceptors (Lipinski definition) is 4. The van der Waals surface area contributed by atoms with E-state index in [0.717, 1.165) is 28.4 Å². The Morgan fingerprint density at radius 2 is 2.44 bits per heavy atom. The molecule has 84 valence electrons. The SMILES string of the molecule is Fc1ccc2sc(C3COCCN3)nc2c1. The molecule has 0 bridgehead atoms. The number of halogens is 1. The molecule has 0 radical (unpaired) electrons. The van der Waals surface area contributed by atoms with Gasteiger partial charge in [0.05, 0.1) is 29.5 Å². The maximum atomic E-state index is 13.0. The maximum Gasteiger partial charge on any atom is 0.125 e. The number of hydrogen-bond donors (Lipinski definition) is 1. The smallest absolute Gasteiger partial charge is 0.125 e. The minimum absolute atomic E-state index is 0.147. The quantitative estimate of drug-likeness (QED) is 0.826. The molecular weight excluding hydrogens is 227 g/mol. The number of ether oxygens (including phenoxy) is 1. The van der Waals surface area contributed by atoms with E-state index in [0.29, 0.717) is 6.61 Å². The van der Waals surface area contributed by atoms with Crippen LogP contribution in [0.2, 0.25) is 0 Å². The van der Waals surface area contributed by atoms with Gasteiger partial charge in [0.15, 0.2) is 0 Å². The van der Waals surface area contributed by atoms with Gasteiger partial charge in [-0.3, -0.25) is 0 Å². The van der Waals surface area contributed by atoms with E-state index in [-0.39, 0.29) is 11.9 Å². The van der Waals surface area contributed by atoms with Crippen LogP contribution in [0.3, 0.4) is 0 Å². The monoisotopic (exact) mass is 238 g/mol. The number of morpholine rings is 1. The molecule has 3 rings (SSSR count). The Bertz CT molecular complexity index is 508. The van der Waals surface area contributed by atoms with Crippen molar-refractivity contribution in [2.24, 2.45) is 0 Å². The summed E-state index contributed by atoms with van der Waals surface area (Å²) in [4.78, 5) is 4.43. The fourth-order valence-corrected chi connectivity index (χ4v) is 2.80. The molecule has 16 heavy (non-hydrogen) atoms. The van der Waals surface area contributed by atoms with E-state index in [1.54, 1.807) is 17.4 Å². The molecule has 1 aromatic heterocycles. The van der Waals surface area contributed by atoms with E-state index in [2.05, 4.69) is 10.3 Å². The fraction of sp³-hybridized carbons (Fsp3) is 0.364. The molecule has 1 unspecified atom stereocenters. The lowest BCUT2D eigenvalue weighted by molar-refractivity contribution is 0.0768. The zero-order chi connectivity index (χ0) is 11.0. The van der Waals surface area contributed by atoms with Crippen LogP contribution in [-0.2, 0) is 4.74 Å². The van der Waals surface area contributed by atoms with Gasteiger partial charge in [-0.15, -0.1) is 11.3 Å². The molecule has 5 heteroatoms. The standard InChI is InChI=1S/C11H11FN2OS/c12-7-1-2-10-8(5-7)14-11(16-10)9-6-15-4-3-13-9/h1-2,5,9,13H,3-4,6H2. The average molecular weight is 238 g/mol. The van der Waals surface area contributed by atoms with Crippen LogP contribution in [0.1, 0.15) is 11.0 Å². The minimum atomic E-state index is -0.239. The van der Waals surface area contributed by atoms with Crippen LogP contribution < -0.4 is 5.32 Å². The number of fused-ring (bicyclic) bond motifs is 1. The zero-order valence-corrected chi connectivity index (χ0v) is 9.39. The second-order valence-electron chi connectivity index (χ2n) is 3.75. The molecule has 3 nitrogen and oxygen atoms in total. The van der Waals surface area contributed by atoms with Gasteiger partial charge in [-0.05, 0) is 12.1 Å². The summed E-state index contributed by atoms with van der Waals surface area (Å²) in [7, 11) is 0. The molecule has 1 N–H and O–H groups in total. The van der Waals surface area contributed by atoms with Crippen LogP contribution in [0.5, 0.6) is 0 Å². The first-order valence-corrected chi connectivity index (χ1v) is 6.02. The summed E-state index contributed by atoms with van der Waals surface area (Å²) in [5.41, 5.74) is 0.729. The molecule has 1 atom stereocenters. The minimum Gasteiger partial charge on any atom is -0.378 e. The van der Waals surface area contributed by atoms with Gasteiger partial charge in [0, 0.05) is 12.6 Å². The van der Waals surface area contributed by atoms with E-state index in [4.69, 9.17) is 4.74 Å². The summed E-state index contributed by atoms with van der Waals surface area (Å²) in [6, 6.07) is 4.86. The third-order valence-electron chi connectivity index (χ3n) is 2.59. The highest BCUT2D eigenvalue weighted by molar-refractivity contribution is 7.18. The Kier molecular flexibility index (Phi) is 2.59. The lowest BCUT2D eigenvalue weighted by Crippen LogP contribution is -2.34. The first-order valence-electron chi connectivity index (χ1n) is 5.20. The molecule has 0 aliphatic carbocycles. The summed E-state index contributed by atoms with van der Waals surface area (Å²) in [6.45, 7) is 2.23. The van der Waals surface area contributed by atoms with Crippen molar-refractivity contribution in [2.45, 2.75) is 6.04 Å². The number of aromatic nitrogens is 1. The molecule has 2 aromatic rings. The third-order valence-corrected chi connectivity index (χ3v) is 3.74. The van der Waals surface area contributed by atoms with E-state index in [1.807, 2.05) is 0 Å². The molecule has 1 aliphatic rings. The maximum absolute atomic E-state index is 13.0. The number of thiazole rings is 1. The Morgan fingerprint density at radius 3 is 3.25 bits per heavy atom. The van der Waals surface area contributed by atoms with Gasteiger partial charge < -0.3 is 10.1 Å². The molecule has 2 heterocycles. The lowest BCUT2D eigenvalue weighted by atomic mass is 10.3. The largest absolute Gasteiger partial charge is 0.378 e. The third kappa shape index (κ3) is 1.81. The van der Waals surface area contributed by atoms with Gasteiger partial charge in [0.1, 0.15) is 10.8 Å². The molecule has 0 spiro atoms. The molecule has 1 aliphatic heterocycles. The number of nitrogens with one attached hydrogen (secondary N) is 1. The van der Waals surface area contributed by atoms with Crippen molar-refractivity contribution in [2.75, 3.05) is 19.8 Å². The van der Waals surface area contributed by atoms with Crippen LogP contribution in [-0.4, -0.2) is 24.7 Å². The molecule has 1 saturated heterocycles. The van der Waals surface area contributed by atoms with E-state index >= 15 is 0 Å². The molecule has 0 saturated carbocycles. The van der Waals surface area contributed by atoms with Crippen molar-refractivity contribution in [3.05, 3.63) is 29.0 Å². The van der Waals surface area contributed by atoms with Crippen molar-refractivity contribution in [1.82, 2.24) is 10.3 Å². The lowest BCUT2D eigenvalue weighted by Gasteiger charge is -2.21. The average Bonchev–Trinajstić information content (AvgIpc) is 2.73. The normalized spacial score (nSPS) is 21.4. The Hall–Kier alpha value is -1.04. The summed E-state index contributed by atoms with van der Waals surface area (Å²) >= 11 is 1.59. The van der Waals surface area contributed by atoms with Gasteiger partial charge in [-0.2, -0.15) is 0 Å². The number of nitrogens with zero attached hydrogens (tertiary/aromatic N) is 1. The second-order valence-corrected chi connectivity index (χ2v) is 4.81. The van der Waals surface area contributed by atoms with Crippen LogP contribution in [0, 0.1) is 5.82 Å². The highest BCUT2D eigenvalue weighted by Gasteiger charge is 2.19. The predicted octanol–water partition coefficient (Wildman–Crippen LogP) is 2.10. The fourth-order valence-electron chi connectivity index (χ4n) is 1.79. The van der Waals surface area contributed by atoms with Crippen LogP contribution in [0.4, 0.5) is 4.39 Å².